The minimum absolute atomic E-state index is 0.100. The zero-order valence-corrected chi connectivity index (χ0v) is 13.8. The van der Waals surface area contributed by atoms with Crippen LogP contribution in [0.15, 0.2) is 35.7 Å². The van der Waals surface area contributed by atoms with E-state index in [4.69, 9.17) is 22.1 Å². The molecule has 3 rings (SSSR count). The molecule has 0 aliphatic carbocycles. The first-order valence-electron chi connectivity index (χ1n) is 6.89. The van der Waals surface area contributed by atoms with Crippen LogP contribution in [0.3, 0.4) is 0 Å². The van der Waals surface area contributed by atoms with Crippen molar-refractivity contribution in [1.29, 1.82) is 0 Å². The summed E-state index contributed by atoms with van der Waals surface area (Å²) in [7, 11) is 0. The summed E-state index contributed by atoms with van der Waals surface area (Å²) in [6.45, 7) is 1.88. The van der Waals surface area contributed by atoms with Crippen LogP contribution in [0.25, 0.3) is 10.9 Å². The van der Waals surface area contributed by atoms with E-state index in [1.807, 2.05) is 0 Å². The Morgan fingerprint density at radius 2 is 2.13 bits per heavy atom. The summed E-state index contributed by atoms with van der Waals surface area (Å²) < 4.78 is 6.27. The smallest absolute Gasteiger partial charge is 0.419 e. The maximum atomic E-state index is 12.8. The third-order valence-corrected chi connectivity index (χ3v) is 4.48. The Kier molecular flexibility index (Phi) is 4.11. The van der Waals surface area contributed by atoms with Crippen molar-refractivity contribution in [3.63, 3.8) is 0 Å². The highest BCUT2D eigenvalue weighted by Crippen LogP contribution is 2.33. The number of hydrogen-bond donors (Lipinski definition) is 1. The average molecular weight is 349 g/mol. The Balaban J connectivity index is 2.31. The summed E-state index contributed by atoms with van der Waals surface area (Å²) in [6, 6.07) is 8.40. The van der Waals surface area contributed by atoms with E-state index in [1.165, 1.54) is 15.9 Å². The van der Waals surface area contributed by atoms with Crippen LogP contribution in [0.5, 0.6) is 0 Å². The van der Waals surface area contributed by atoms with Crippen LogP contribution in [0.4, 0.5) is 10.5 Å². The minimum atomic E-state index is -0.656. The second-order valence-corrected chi connectivity index (χ2v) is 6.15. The van der Waals surface area contributed by atoms with Gasteiger partial charge in [0.15, 0.2) is 0 Å². The molecule has 0 spiro atoms. The van der Waals surface area contributed by atoms with Gasteiger partial charge in [-0.1, -0.05) is 17.7 Å². The molecule has 0 bridgehead atoms. The fourth-order valence-corrected chi connectivity index (χ4v) is 3.24. The number of thiophene rings is 1. The molecule has 0 radical (unpaired) electrons. The molecule has 2 aromatic heterocycles. The minimum Gasteiger partial charge on any atom is -0.449 e. The van der Waals surface area contributed by atoms with Crippen molar-refractivity contribution in [2.75, 3.05) is 12.3 Å². The van der Waals surface area contributed by atoms with Gasteiger partial charge in [0, 0.05) is 10.4 Å². The lowest BCUT2D eigenvalue weighted by atomic mass is 10.2. The van der Waals surface area contributed by atoms with Gasteiger partial charge in [-0.05, 0) is 36.6 Å². The number of carbonyl (C=O) groups is 2. The van der Waals surface area contributed by atoms with Crippen molar-refractivity contribution < 1.29 is 14.3 Å². The number of nitrogens with two attached hydrogens (primary N) is 1. The first-order valence-corrected chi connectivity index (χ1v) is 8.15. The van der Waals surface area contributed by atoms with Crippen LogP contribution in [-0.4, -0.2) is 23.1 Å². The lowest BCUT2D eigenvalue weighted by Gasteiger charge is -2.08. The van der Waals surface area contributed by atoms with Crippen LogP contribution in [0, 0.1) is 0 Å². The quantitative estimate of drug-likeness (QED) is 0.721. The molecule has 2 N–H and O–H groups in total. The lowest BCUT2D eigenvalue weighted by Crippen LogP contribution is -2.19. The van der Waals surface area contributed by atoms with Crippen LogP contribution >= 0.6 is 22.9 Å². The largest absolute Gasteiger partial charge is 0.449 e. The number of rotatable bonds is 3. The number of halogens is 1. The number of carbonyl (C=O) groups excluding carboxylic acids is 2. The summed E-state index contributed by atoms with van der Waals surface area (Å²) in [4.78, 5) is 25.6. The Hall–Kier alpha value is -2.31. The molecule has 3 aromatic rings. The van der Waals surface area contributed by atoms with Crippen molar-refractivity contribution in [2.45, 2.75) is 6.92 Å². The van der Waals surface area contributed by atoms with E-state index in [0.717, 1.165) is 0 Å². The Labute approximate surface area is 141 Å². The molecule has 0 saturated carbocycles. The van der Waals surface area contributed by atoms with E-state index in [0.29, 0.717) is 20.8 Å². The van der Waals surface area contributed by atoms with E-state index >= 15 is 0 Å². The van der Waals surface area contributed by atoms with Crippen molar-refractivity contribution in [3.8, 4) is 0 Å². The average Bonchev–Trinajstić information content (AvgIpc) is 3.13. The molecule has 118 valence electrons. The predicted molar refractivity (Wildman–Crippen MR) is 91.5 cm³/mol. The zero-order valence-electron chi connectivity index (χ0n) is 12.2. The molecule has 5 nitrogen and oxygen atoms in total. The number of anilines is 1. The number of nitrogens with zero attached hydrogens (tertiary/aromatic N) is 1. The number of hydrogen-bond acceptors (Lipinski definition) is 5. The normalized spacial score (nSPS) is 10.9. The first kappa shape index (κ1) is 15.6. The Morgan fingerprint density at radius 3 is 2.78 bits per heavy atom. The molecule has 0 amide bonds. The second-order valence-electron chi connectivity index (χ2n) is 4.76. The van der Waals surface area contributed by atoms with Gasteiger partial charge in [0.25, 0.3) is 0 Å². The molecule has 0 aliphatic heterocycles. The number of ketones is 1. The van der Waals surface area contributed by atoms with Crippen molar-refractivity contribution in [3.05, 3.63) is 51.3 Å². The molecule has 2 heterocycles. The topological polar surface area (TPSA) is 74.3 Å². The maximum absolute atomic E-state index is 12.8. The SMILES string of the molecule is CCOC(=O)n1c(C(=O)c2cccs2)c(N)c2ccc(Cl)cc21. The van der Waals surface area contributed by atoms with Gasteiger partial charge in [-0.15, -0.1) is 11.3 Å². The summed E-state index contributed by atoms with van der Waals surface area (Å²) in [5, 5.41) is 2.82. The molecule has 0 aliphatic rings. The van der Waals surface area contributed by atoms with Crippen LogP contribution in [0.1, 0.15) is 22.3 Å². The third-order valence-electron chi connectivity index (χ3n) is 3.38. The second kappa shape index (κ2) is 6.06. The first-order chi connectivity index (χ1) is 11.0. The van der Waals surface area contributed by atoms with Gasteiger partial charge >= 0.3 is 6.09 Å². The fourth-order valence-electron chi connectivity index (χ4n) is 2.41. The molecule has 0 atom stereocenters. The molecule has 1 aromatic carbocycles. The highest BCUT2D eigenvalue weighted by molar-refractivity contribution is 7.12. The number of fused-ring (bicyclic) bond motifs is 1. The molecule has 0 unspecified atom stereocenters. The maximum Gasteiger partial charge on any atom is 0.419 e. The van der Waals surface area contributed by atoms with Gasteiger partial charge in [0.05, 0.1) is 22.7 Å². The highest BCUT2D eigenvalue weighted by Gasteiger charge is 2.27. The summed E-state index contributed by atoms with van der Waals surface area (Å²) in [5.41, 5.74) is 6.93. The summed E-state index contributed by atoms with van der Waals surface area (Å²) in [6.07, 6.45) is -0.656. The van der Waals surface area contributed by atoms with Gasteiger partial charge in [-0.25, -0.2) is 9.36 Å². The van der Waals surface area contributed by atoms with Gasteiger partial charge < -0.3 is 10.5 Å². The molecule has 0 fully saturated rings. The standard InChI is InChI=1S/C16H13ClN2O3S/c1-2-22-16(21)19-11-8-9(17)5-6-10(11)13(18)14(19)15(20)12-4-3-7-23-12/h3-8H,2,18H2,1H3. The molecular formula is C16H13ClN2O3S. The van der Waals surface area contributed by atoms with Crippen molar-refractivity contribution >= 4 is 51.4 Å². The summed E-state index contributed by atoms with van der Waals surface area (Å²) >= 11 is 7.31. The number of benzene rings is 1. The number of aromatic nitrogens is 1. The van der Waals surface area contributed by atoms with Gasteiger partial charge in [-0.2, -0.15) is 0 Å². The van der Waals surface area contributed by atoms with Gasteiger partial charge in [0.1, 0.15) is 5.69 Å². The Morgan fingerprint density at radius 1 is 1.35 bits per heavy atom. The fraction of sp³-hybridized carbons (Fsp3) is 0.125. The lowest BCUT2D eigenvalue weighted by molar-refractivity contribution is 0.102. The molecular weight excluding hydrogens is 336 g/mol. The van der Waals surface area contributed by atoms with E-state index in [9.17, 15) is 9.59 Å². The third kappa shape index (κ3) is 2.60. The van der Waals surface area contributed by atoms with Crippen LogP contribution in [-0.2, 0) is 4.74 Å². The highest BCUT2D eigenvalue weighted by atomic mass is 35.5. The monoisotopic (exact) mass is 348 g/mol. The van der Waals surface area contributed by atoms with E-state index < -0.39 is 6.09 Å². The van der Waals surface area contributed by atoms with Crippen LogP contribution < -0.4 is 5.73 Å². The zero-order chi connectivity index (χ0) is 16.6. The van der Waals surface area contributed by atoms with Gasteiger partial charge in [-0.3, -0.25) is 4.79 Å². The van der Waals surface area contributed by atoms with Crippen molar-refractivity contribution in [2.24, 2.45) is 0 Å². The Bertz CT molecular complexity index is 900. The molecule has 0 saturated heterocycles. The van der Waals surface area contributed by atoms with E-state index in [2.05, 4.69) is 0 Å². The van der Waals surface area contributed by atoms with Gasteiger partial charge in [0.2, 0.25) is 5.78 Å². The molecule has 23 heavy (non-hydrogen) atoms. The predicted octanol–water partition coefficient (Wildman–Crippen LogP) is 4.17. The van der Waals surface area contributed by atoms with Crippen molar-refractivity contribution in [1.82, 2.24) is 4.57 Å². The molecule has 7 heteroatoms. The number of nitrogen functional groups attached to an aromatic ring is 1. The summed E-state index contributed by atoms with van der Waals surface area (Å²) in [5.74, 6) is -0.321. The van der Waals surface area contributed by atoms with E-state index in [-0.39, 0.29) is 23.8 Å². The van der Waals surface area contributed by atoms with E-state index in [1.54, 1.807) is 42.6 Å². The number of ether oxygens (including phenoxy) is 1. The van der Waals surface area contributed by atoms with Crippen LogP contribution in [0.2, 0.25) is 5.02 Å².